The quantitative estimate of drug-likeness (QED) is 0.689. The summed E-state index contributed by atoms with van der Waals surface area (Å²) in [5, 5.41) is 3.74. The van der Waals surface area contributed by atoms with Crippen molar-refractivity contribution in [2.24, 2.45) is 0 Å². The first-order valence-electron chi connectivity index (χ1n) is 9.33. The van der Waals surface area contributed by atoms with Crippen LogP contribution in [0.2, 0.25) is 5.02 Å². The Morgan fingerprint density at radius 2 is 1.72 bits per heavy atom. The maximum absolute atomic E-state index is 13.6. The van der Waals surface area contributed by atoms with Gasteiger partial charge in [0.05, 0.1) is 10.7 Å². The molecular formula is C20H23ClF2N4O2. The Balaban J connectivity index is 1.61. The molecule has 0 saturated carbocycles. The van der Waals surface area contributed by atoms with E-state index in [4.69, 9.17) is 11.6 Å². The molecule has 1 saturated heterocycles. The van der Waals surface area contributed by atoms with Gasteiger partial charge in [-0.15, -0.1) is 0 Å². The smallest absolute Gasteiger partial charge is 0.290 e. The molecule has 0 spiro atoms. The fourth-order valence-corrected chi connectivity index (χ4v) is 3.61. The van der Waals surface area contributed by atoms with Crippen molar-refractivity contribution in [1.82, 2.24) is 14.7 Å². The Morgan fingerprint density at radius 3 is 2.21 bits per heavy atom. The highest BCUT2D eigenvalue weighted by atomic mass is 35.5. The number of anilines is 1. The topological polar surface area (TPSA) is 58.4 Å². The van der Waals surface area contributed by atoms with Crippen molar-refractivity contribution in [2.45, 2.75) is 33.2 Å². The summed E-state index contributed by atoms with van der Waals surface area (Å²) in [4.78, 5) is 27.9. The largest absolute Gasteiger partial charge is 0.368 e. The van der Waals surface area contributed by atoms with Crippen LogP contribution in [0.15, 0.2) is 24.3 Å². The minimum Gasteiger partial charge on any atom is -0.368 e. The van der Waals surface area contributed by atoms with Crippen LogP contribution in [0, 0.1) is 6.92 Å². The number of carbonyl (C=O) groups excluding carboxylic acids is 2. The van der Waals surface area contributed by atoms with Crippen LogP contribution in [0.4, 0.5) is 14.5 Å². The average Bonchev–Trinajstić information content (AvgIpc) is 2.97. The summed E-state index contributed by atoms with van der Waals surface area (Å²) >= 11 is 5.97. The molecule has 29 heavy (non-hydrogen) atoms. The molecule has 9 heteroatoms. The van der Waals surface area contributed by atoms with Crippen LogP contribution in [-0.4, -0.2) is 52.5 Å². The van der Waals surface area contributed by atoms with E-state index in [1.165, 1.54) is 11.6 Å². The van der Waals surface area contributed by atoms with Gasteiger partial charge < -0.3 is 9.80 Å². The van der Waals surface area contributed by atoms with E-state index in [-0.39, 0.29) is 23.3 Å². The number of halogens is 3. The molecule has 1 aliphatic rings. The lowest BCUT2D eigenvalue weighted by molar-refractivity contribution is -0.132. The number of nitrogens with zero attached hydrogens (tertiary/aromatic N) is 4. The lowest BCUT2D eigenvalue weighted by Gasteiger charge is -2.36. The molecule has 3 rings (SSSR count). The normalized spacial score (nSPS) is 15.0. The predicted molar refractivity (Wildman–Crippen MR) is 107 cm³/mol. The van der Waals surface area contributed by atoms with Gasteiger partial charge in [-0.3, -0.25) is 14.3 Å². The zero-order chi connectivity index (χ0) is 21.3. The molecule has 0 unspecified atom stereocenters. The van der Waals surface area contributed by atoms with Gasteiger partial charge in [0.1, 0.15) is 12.2 Å². The highest BCUT2D eigenvalue weighted by molar-refractivity contribution is 6.32. The van der Waals surface area contributed by atoms with E-state index >= 15 is 0 Å². The Morgan fingerprint density at radius 1 is 1.14 bits per heavy atom. The summed E-state index contributed by atoms with van der Waals surface area (Å²) in [5.41, 5.74) is 1.49. The SMILES string of the molecule is CC(=O)c1ccc(N2CCN(C(=O)Cn3nc(C(C)(F)F)c(Cl)c3C)CC2)cc1. The van der Waals surface area contributed by atoms with E-state index < -0.39 is 11.6 Å². The summed E-state index contributed by atoms with van der Waals surface area (Å²) in [7, 11) is 0. The second kappa shape index (κ2) is 8.10. The second-order valence-corrected chi connectivity index (χ2v) is 7.64. The third-order valence-electron chi connectivity index (χ3n) is 5.11. The number of hydrogen-bond donors (Lipinski definition) is 0. The van der Waals surface area contributed by atoms with E-state index in [0.29, 0.717) is 37.4 Å². The van der Waals surface area contributed by atoms with Crippen molar-refractivity contribution in [3.63, 3.8) is 0 Å². The Hall–Kier alpha value is -2.48. The molecule has 0 atom stereocenters. The number of rotatable bonds is 5. The second-order valence-electron chi connectivity index (χ2n) is 7.26. The number of alkyl halides is 2. The van der Waals surface area contributed by atoms with Gasteiger partial charge >= 0.3 is 0 Å². The molecule has 156 valence electrons. The first-order chi connectivity index (χ1) is 13.6. The van der Waals surface area contributed by atoms with Crippen LogP contribution in [-0.2, 0) is 17.3 Å². The van der Waals surface area contributed by atoms with Crippen molar-refractivity contribution in [3.8, 4) is 0 Å². The van der Waals surface area contributed by atoms with Crippen LogP contribution < -0.4 is 4.90 Å². The predicted octanol–water partition coefficient (Wildman–Crippen LogP) is 3.51. The standard InChI is InChI=1S/C20H23ClF2N4O2/c1-13-18(21)19(20(3,22)23)24-27(13)12-17(29)26-10-8-25(9-11-26)16-6-4-15(5-7-16)14(2)28/h4-7H,8-12H2,1-3H3. The minimum atomic E-state index is -3.17. The lowest BCUT2D eigenvalue weighted by atomic mass is 10.1. The molecule has 0 radical (unpaired) electrons. The molecule has 1 fully saturated rings. The number of hydrogen-bond acceptors (Lipinski definition) is 4. The number of carbonyl (C=O) groups is 2. The van der Waals surface area contributed by atoms with Gasteiger partial charge in [-0.25, -0.2) is 0 Å². The number of aromatic nitrogens is 2. The number of amides is 1. The van der Waals surface area contributed by atoms with Crippen molar-refractivity contribution in [3.05, 3.63) is 46.2 Å². The fourth-order valence-electron chi connectivity index (χ4n) is 3.31. The molecule has 1 amide bonds. The first-order valence-corrected chi connectivity index (χ1v) is 9.70. The number of benzene rings is 1. The van der Waals surface area contributed by atoms with Gasteiger partial charge in [-0.05, 0) is 38.1 Å². The molecule has 1 aromatic heterocycles. The number of Topliss-reactive ketones (excluding diaryl/α,β-unsaturated/α-hetero) is 1. The summed E-state index contributed by atoms with van der Waals surface area (Å²) in [5.74, 6) is -3.34. The van der Waals surface area contributed by atoms with Crippen LogP contribution in [0.1, 0.15) is 35.6 Å². The van der Waals surface area contributed by atoms with E-state index in [2.05, 4.69) is 10.00 Å². The fraction of sp³-hybridized carbons (Fsp3) is 0.450. The van der Waals surface area contributed by atoms with E-state index in [1.54, 1.807) is 24.0 Å². The van der Waals surface area contributed by atoms with Gasteiger partial charge in [0.15, 0.2) is 5.78 Å². The van der Waals surface area contributed by atoms with E-state index in [9.17, 15) is 18.4 Å². The first kappa shape index (κ1) is 21.2. The Labute approximate surface area is 173 Å². The van der Waals surface area contributed by atoms with Crippen molar-refractivity contribution in [1.29, 1.82) is 0 Å². The maximum atomic E-state index is 13.6. The third-order valence-corrected chi connectivity index (χ3v) is 5.56. The maximum Gasteiger partial charge on any atom is 0.290 e. The molecule has 0 bridgehead atoms. The number of piperazine rings is 1. The minimum absolute atomic E-state index is 0.0185. The van der Waals surface area contributed by atoms with Gasteiger partial charge in [-0.2, -0.15) is 13.9 Å². The molecular weight excluding hydrogens is 402 g/mol. The zero-order valence-corrected chi connectivity index (χ0v) is 17.3. The van der Waals surface area contributed by atoms with Crippen LogP contribution in [0.25, 0.3) is 0 Å². The van der Waals surface area contributed by atoms with Crippen LogP contribution in [0.3, 0.4) is 0 Å². The van der Waals surface area contributed by atoms with Crippen LogP contribution >= 0.6 is 11.6 Å². The summed E-state index contributed by atoms with van der Waals surface area (Å²) in [6.45, 7) is 6.00. The summed E-state index contributed by atoms with van der Waals surface area (Å²) < 4.78 is 28.4. The average molecular weight is 425 g/mol. The number of ketones is 1. The Bertz CT molecular complexity index is 914. The third kappa shape index (κ3) is 4.58. The van der Waals surface area contributed by atoms with Crippen LogP contribution in [0.5, 0.6) is 0 Å². The monoisotopic (exact) mass is 424 g/mol. The highest BCUT2D eigenvalue weighted by Gasteiger charge is 2.33. The van der Waals surface area contributed by atoms with Crippen molar-refractivity contribution >= 4 is 29.0 Å². The van der Waals surface area contributed by atoms with Gasteiger partial charge in [0, 0.05) is 44.4 Å². The molecule has 0 N–H and O–H groups in total. The molecule has 1 aromatic carbocycles. The highest BCUT2D eigenvalue weighted by Crippen LogP contribution is 2.33. The van der Waals surface area contributed by atoms with Crippen molar-refractivity contribution in [2.75, 3.05) is 31.1 Å². The summed E-state index contributed by atoms with van der Waals surface area (Å²) in [6.07, 6.45) is 0. The van der Waals surface area contributed by atoms with Gasteiger partial charge in [0.25, 0.3) is 5.92 Å². The van der Waals surface area contributed by atoms with E-state index in [1.807, 2.05) is 12.1 Å². The molecule has 0 aliphatic carbocycles. The summed E-state index contributed by atoms with van der Waals surface area (Å²) in [6, 6.07) is 7.38. The van der Waals surface area contributed by atoms with Gasteiger partial charge in [-0.1, -0.05) is 11.6 Å². The molecule has 6 nitrogen and oxygen atoms in total. The van der Waals surface area contributed by atoms with E-state index in [0.717, 1.165) is 12.6 Å². The lowest BCUT2D eigenvalue weighted by Crippen LogP contribution is -2.49. The molecule has 1 aliphatic heterocycles. The molecule has 2 heterocycles. The van der Waals surface area contributed by atoms with Crippen molar-refractivity contribution < 1.29 is 18.4 Å². The Kier molecular flexibility index (Phi) is 5.93. The molecule has 2 aromatic rings. The van der Waals surface area contributed by atoms with Gasteiger partial charge in [0.2, 0.25) is 5.91 Å². The zero-order valence-electron chi connectivity index (χ0n) is 16.6.